The van der Waals surface area contributed by atoms with Crippen molar-refractivity contribution in [2.75, 3.05) is 13.2 Å². The molecule has 2 aliphatic rings. The standard InChI is InChI=1S/C19H19NO6/c21-20(22)14-6-8-15(9-7-14)26-17-12-25-18-16(11-24-19(17)18)23-10-13-4-2-1-3-5-13/h1-9,16-19H,10-12H2/t16-,17-,18+,19+/m0/s1. The molecular formula is C19H19NO6. The Bertz CT molecular complexity index is 750. The van der Waals surface area contributed by atoms with E-state index in [1.54, 1.807) is 12.1 Å². The van der Waals surface area contributed by atoms with Crippen molar-refractivity contribution in [1.82, 2.24) is 0 Å². The van der Waals surface area contributed by atoms with Crippen LogP contribution in [0.3, 0.4) is 0 Å². The molecule has 0 spiro atoms. The lowest BCUT2D eigenvalue weighted by Gasteiger charge is -2.18. The second-order valence-corrected chi connectivity index (χ2v) is 6.34. The minimum Gasteiger partial charge on any atom is -0.485 e. The maximum absolute atomic E-state index is 10.7. The van der Waals surface area contributed by atoms with Gasteiger partial charge in [0.2, 0.25) is 0 Å². The van der Waals surface area contributed by atoms with Gasteiger partial charge < -0.3 is 18.9 Å². The second kappa shape index (κ2) is 7.41. The van der Waals surface area contributed by atoms with E-state index in [2.05, 4.69) is 0 Å². The second-order valence-electron chi connectivity index (χ2n) is 6.34. The molecule has 0 unspecified atom stereocenters. The fourth-order valence-electron chi connectivity index (χ4n) is 3.27. The van der Waals surface area contributed by atoms with Crippen LogP contribution in [0.4, 0.5) is 5.69 Å². The average molecular weight is 357 g/mol. The smallest absolute Gasteiger partial charge is 0.269 e. The third-order valence-corrected chi connectivity index (χ3v) is 4.60. The van der Waals surface area contributed by atoms with E-state index in [0.717, 1.165) is 5.56 Å². The molecule has 2 aromatic carbocycles. The maximum atomic E-state index is 10.7. The summed E-state index contributed by atoms with van der Waals surface area (Å²) in [4.78, 5) is 10.3. The molecular weight excluding hydrogens is 338 g/mol. The molecule has 7 heteroatoms. The van der Waals surface area contributed by atoms with E-state index in [1.807, 2.05) is 30.3 Å². The van der Waals surface area contributed by atoms with Gasteiger partial charge in [-0.1, -0.05) is 30.3 Å². The van der Waals surface area contributed by atoms with Crippen LogP contribution in [0, 0.1) is 10.1 Å². The van der Waals surface area contributed by atoms with Crippen LogP contribution in [-0.4, -0.2) is 42.6 Å². The maximum Gasteiger partial charge on any atom is 0.269 e. The highest BCUT2D eigenvalue weighted by atomic mass is 16.6. The van der Waals surface area contributed by atoms with Crippen molar-refractivity contribution in [3.63, 3.8) is 0 Å². The van der Waals surface area contributed by atoms with Crippen LogP contribution in [0.1, 0.15) is 5.56 Å². The number of hydrogen-bond acceptors (Lipinski definition) is 6. The Hall–Kier alpha value is -2.48. The van der Waals surface area contributed by atoms with Gasteiger partial charge in [0.25, 0.3) is 5.69 Å². The number of nitrogens with zero attached hydrogens (tertiary/aromatic N) is 1. The molecule has 2 aromatic rings. The topological polar surface area (TPSA) is 80.1 Å². The first-order chi connectivity index (χ1) is 12.7. The summed E-state index contributed by atoms with van der Waals surface area (Å²) in [6.45, 7) is 1.37. The SMILES string of the molecule is O=[N+]([O-])c1ccc(O[C@H]2CO[C@H]3[C@@H]2OC[C@@H]3OCc2ccccc2)cc1. The number of rotatable bonds is 6. The average Bonchev–Trinajstić information content (AvgIpc) is 3.24. The summed E-state index contributed by atoms with van der Waals surface area (Å²) in [5.74, 6) is 0.558. The Kier molecular flexibility index (Phi) is 4.83. The summed E-state index contributed by atoms with van der Waals surface area (Å²) < 4.78 is 23.6. The summed E-state index contributed by atoms with van der Waals surface area (Å²) in [7, 11) is 0. The molecule has 4 rings (SSSR count). The Morgan fingerprint density at radius 1 is 0.962 bits per heavy atom. The Labute approximate surface area is 150 Å². The van der Waals surface area contributed by atoms with Gasteiger partial charge in [0, 0.05) is 12.1 Å². The summed E-state index contributed by atoms with van der Waals surface area (Å²) in [5.41, 5.74) is 1.14. The van der Waals surface area contributed by atoms with Gasteiger partial charge in [0.05, 0.1) is 24.7 Å². The predicted molar refractivity (Wildman–Crippen MR) is 92.0 cm³/mol. The molecule has 2 fully saturated rings. The molecule has 2 saturated heterocycles. The monoisotopic (exact) mass is 357 g/mol. The molecule has 2 aliphatic heterocycles. The molecule has 0 aliphatic carbocycles. The quantitative estimate of drug-likeness (QED) is 0.584. The first-order valence-corrected chi connectivity index (χ1v) is 8.50. The molecule has 2 heterocycles. The van der Waals surface area contributed by atoms with Crippen molar-refractivity contribution >= 4 is 5.69 Å². The van der Waals surface area contributed by atoms with Crippen molar-refractivity contribution in [2.24, 2.45) is 0 Å². The molecule has 0 N–H and O–H groups in total. The van der Waals surface area contributed by atoms with Crippen molar-refractivity contribution in [2.45, 2.75) is 31.0 Å². The van der Waals surface area contributed by atoms with E-state index in [9.17, 15) is 10.1 Å². The molecule has 0 radical (unpaired) electrons. The molecule has 0 saturated carbocycles. The highest BCUT2D eigenvalue weighted by Crippen LogP contribution is 2.32. The van der Waals surface area contributed by atoms with Gasteiger partial charge in [-0.3, -0.25) is 10.1 Å². The van der Waals surface area contributed by atoms with Crippen molar-refractivity contribution < 1.29 is 23.9 Å². The largest absolute Gasteiger partial charge is 0.485 e. The van der Waals surface area contributed by atoms with Gasteiger partial charge in [-0.2, -0.15) is 0 Å². The van der Waals surface area contributed by atoms with Gasteiger partial charge in [0.15, 0.2) is 6.10 Å². The summed E-state index contributed by atoms with van der Waals surface area (Å²) in [6, 6.07) is 16.0. The van der Waals surface area contributed by atoms with Gasteiger partial charge in [0.1, 0.15) is 24.1 Å². The Morgan fingerprint density at radius 3 is 2.31 bits per heavy atom. The lowest BCUT2D eigenvalue weighted by atomic mass is 10.1. The van der Waals surface area contributed by atoms with Crippen LogP contribution < -0.4 is 4.74 Å². The minimum absolute atomic E-state index is 0.0318. The molecule has 136 valence electrons. The first-order valence-electron chi connectivity index (χ1n) is 8.50. The molecule has 0 aromatic heterocycles. The lowest BCUT2D eigenvalue weighted by Crippen LogP contribution is -2.35. The normalized spacial score (nSPS) is 27.2. The third kappa shape index (κ3) is 3.55. The van der Waals surface area contributed by atoms with Crippen molar-refractivity contribution in [3.8, 4) is 5.75 Å². The number of nitro groups is 1. The zero-order chi connectivity index (χ0) is 17.9. The highest BCUT2D eigenvalue weighted by Gasteiger charge is 2.49. The Morgan fingerprint density at radius 2 is 1.62 bits per heavy atom. The van der Waals surface area contributed by atoms with Gasteiger partial charge in [-0.25, -0.2) is 0 Å². The minimum atomic E-state index is -0.437. The van der Waals surface area contributed by atoms with Crippen LogP contribution in [0.2, 0.25) is 0 Å². The molecule has 0 amide bonds. The van der Waals surface area contributed by atoms with Gasteiger partial charge in [-0.15, -0.1) is 0 Å². The number of fused-ring (bicyclic) bond motifs is 1. The van der Waals surface area contributed by atoms with Crippen LogP contribution in [0.15, 0.2) is 54.6 Å². The summed E-state index contributed by atoms with van der Waals surface area (Å²) in [6.07, 6.45) is -0.759. The molecule has 4 atom stereocenters. The van der Waals surface area contributed by atoms with E-state index in [-0.39, 0.29) is 30.1 Å². The lowest BCUT2D eigenvalue weighted by molar-refractivity contribution is -0.384. The highest BCUT2D eigenvalue weighted by molar-refractivity contribution is 5.36. The molecule has 0 bridgehead atoms. The number of nitro benzene ring substituents is 1. The van der Waals surface area contributed by atoms with E-state index >= 15 is 0 Å². The van der Waals surface area contributed by atoms with Crippen LogP contribution in [-0.2, 0) is 20.8 Å². The number of benzene rings is 2. The van der Waals surface area contributed by atoms with E-state index in [0.29, 0.717) is 25.6 Å². The fraction of sp³-hybridized carbons (Fsp3) is 0.368. The van der Waals surface area contributed by atoms with Crippen molar-refractivity contribution in [1.29, 1.82) is 0 Å². The van der Waals surface area contributed by atoms with E-state index < -0.39 is 4.92 Å². The summed E-state index contributed by atoms with van der Waals surface area (Å²) in [5, 5.41) is 10.7. The zero-order valence-corrected chi connectivity index (χ0v) is 14.0. The van der Waals surface area contributed by atoms with E-state index in [1.165, 1.54) is 12.1 Å². The zero-order valence-electron chi connectivity index (χ0n) is 14.0. The van der Waals surface area contributed by atoms with Crippen LogP contribution in [0.25, 0.3) is 0 Å². The fourth-order valence-corrected chi connectivity index (χ4v) is 3.27. The van der Waals surface area contributed by atoms with E-state index in [4.69, 9.17) is 18.9 Å². The van der Waals surface area contributed by atoms with Gasteiger partial charge >= 0.3 is 0 Å². The first kappa shape index (κ1) is 17.0. The van der Waals surface area contributed by atoms with Crippen LogP contribution >= 0.6 is 0 Å². The molecule has 7 nitrogen and oxygen atoms in total. The third-order valence-electron chi connectivity index (χ3n) is 4.60. The number of non-ortho nitro benzene ring substituents is 1. The Balaban J connectivity index is 1.33. The van der Waals surface area contributed by atoms with Crippen molar-refractivity contribution in [3.05, 3.63) is 70.3 Å². The van der Waals surface area contributed by atoms with Crippen LogP contribution in [0.5, 0.6) is 5.75 Å². The number of hydrogen-bond donors (Lipinski definition) is 0. The summed E-state index contributed by atoms with van der Waals surface area (Å²) >= 11 is 0. The predicted octanol–water partition coefficient (Wildman–Crippen LogP) is 2.73. The number of ether oxygens (including phenoxy) is 4. The molecule has 26 heavy (non-hydrogen) atoms. The van der Waals surface area contributed by atoms with Gasteiger partial charge in [-0.05, 0) is 17.7 Å².